The molecule has 1 nitrogen and oxygen atoms in total. The first-order valence-electron chi connectivity index (χ1n) is 4.17. The largest absolute Gasteiger partial charge is 0.399 e. The van der Waals surface area contributed by atoms with Crippen LogP contribution in [0.1, 0.15) is 33.6 Å². The summed E-state index contributed by atoms with van der Waals surface area (Å²) >= 11 is 0. The van der Waals surface area contributed by atoms with E-state index in [1.165, 1.54) is 0 Å². The number of rotatable bonds is 4. The average Bonchev–Trinajstić information content (AvgIpc) is 2.00. The van der Waals surface area contributed by atoms with E-state index in [4.69, 9.17) is 5.73 Å². The second kappa shape index (κ2) is 4.22. The first-order chi connectivity index (χ1) is 5.04. The van der Waals surface area contributed by atoms with Crippen LogP contribution in [0.2, 0.25) is 0 Å². The zero-order valence-corrected chi connectivity index (χ0v) is 7.85. The van der Waals surface area contributed by atoms with Crippen molar-refractivity contribution in [3.8, 4) is 0 Å². The van der Waals surface area contributed by atoms with Gasteiger partial charge < -0.3 is 5.73 Å². The van der Waals surface area contributed by atoms with E-state index in [9.17, 15) is 0 Å². The highest BCUT2D eigenvalue weighted by Gasteiger charge is 2.14. The maximum absolute atomic E-state index is 5.43. The van der Waals surface area contributed by atoms with E-state index < -0.39 is 0 Å². The Kier molecular flexibility index (Phi) is 3.94. The van der Waals surface area contributed by atoms with Crippen molar-refractivity contribution in [3.05, 3.63) is 24.4 Å². The van der Waals surface area contributed by atoms with Crippen LogP contribution < -0.4 is 5.73 Å². The summed E-state index contributed by atoms with van der Waals surface area (Å²) < 4.78 is 0. The van der Waals surface area contributed by atoms with Crippen LogP contribution >= 0.6 is 0 Å². The molecule has 0 saturated heterocycles. The van der Waals surface area contributed by atoms with Crippen LogP contribution in [0.3, 0.4) is 0 Å². The third-order valence-electron chi connectivity index (χ3n) is 2.32. The van der Waals surface area contributed by atoms with Gasteiger partial charge in [-0.25, -0.2) is 0 Å². The van der Waals surface area contributed by atoms with Crippen molar-refractivity contribution >= 4 is 0 Å². The first kappa shape index (κ1) is 10.3. The molecule has 0 heterocycles. The van der Waals surface area contributed by atoms with Crippen LogP contribution in [0.15, 0.2) is 24.4 Å². The lowest BCUT2D eigenvalue weighted by molar-refractivity contribution is 0.396. The quantitative estimate of drug-likeness (QED) is 0.617. The van der Waals surface area contributed by atoms with Gasteiger partial charge in [0.1, 0.15) is 0 Å². The molecule has 0 rings (SSSR count). The first-order valence-corrected chi connectivity index (χ1v) is 4.17. The second-order valence-corrected chi connectivity index (χ2v) is 3.27. The van der Waals surface area contributed by atoms with Crippen LogP contribution in [0.25, 0.3) is 0 Å². The molecule has 0 fully saturated rings. The van der Waals surface area contributed by atoms with E-state index in [0.29, 0.717) is 11.1 Å². The summed E-state index contributed by atoms with van der Waals surface area (Å²) in [6.07, 6.45) is 6.34. The summed E-state index contributed by atoms with van der Waals surface area (Å²) in [6, 6.07) is 0. The minimum Gasteiger partial charge on any atom is -0.399 e. The van der Waals surface area contributed by atoms with Crippen molar-refractivity contribution in [2.75, 3.05) is 0 Å². The van der Waals surface area contributed by atoms with Gasteiger partial charge in [-0.15, -0.1) is 0 Å². The third-order valence-corrected chi connectivity index (χ3v) is 2.32. The van der Waals surface area contributed by atoms with Crippen molar-refractivity contribution in [1.29, 1.82) is 0 Å². The van der Waals surface area contributed by atoms with Crippen LogP contribution in [0.5, 0.6) is 0 Å². The van der Waals surface area contributed by atoms with Gasteiger partial charge in [-0.1, -0.05) is 33.4 Å². The molecule has 0 aromatic rings. The summed E-state index contributed by atoms with van der Waals surface area (Å²) in [6.45, 7) is 10.2. The van der Waals surface area contributed by atoms with E-state index in [1.54, 1.807) is 0 Å². The average molecular weight is 153 g/mol. The number of hydrogen-bond donors (Lipinski definition) is 1. The molecule has 0 aliphatic heterocycles. The maximum atomic E-state index is 5.43. The molecule has 0 radical (unpaired) electrons. The smallest absolute Gasteiger partial charge is 0.0237 e. The van der Waals surface area contributed by atoms with Gasteiger partial charge in [0.25, 0.3) is 0 Å². The molecule has 0 spiro atoms. The monoisotopic (exact) mass is 153 g/mol. The number of nitrogens with two attached hydrogens (primary N) is 1. The summed E-state index contributed by atoms with van der Waals surface area (Å²) in [5.41, 5.74) is 6.36. The molecular formula is C10H19N. The van der Waals surface area contributed by atoms with Crippen LogP contribution in [0, 0.1) is 5.41 Å². The fourth-order valence-corrected chi connectivity index (χ4v) is 0.794. The molecule has 0 aliphatic rings. The Balaban J connectivity index is 4.17. The van der Waals surface area contributed by atoms with E-state index in [1.807, 2.05) is 6.08 Å². The molecule has 0 aliphatic carbocycles. The predicted octanol–water partition coefficient (Wildman–Crippen LogP) is 2.84. The zero-order chi connectivity index (χ0) is 8.91. The summed E-state index contributed by atoms with van der Waals surface area (Å²) in [5.74, 6) is 0. The highest BCUT2D eigenvalue weighted by molar-refractivity contribution is 5.13. The Morgan fingerprint density at radius 1 is 1.45 bits per heavy atom. The van der Waals surface area contributed by atoms with Gasteiger partial charge in [0.15, 0.2) is 0 Å². The molecule has 0 aromatic carbocycles. The van der Waals surface area contributed by atoms with Crippen molar-refractivity contribution in [3.63, 3.8) is 0 Å². The standard InChI is InChI=1S/C10H19N/c1-5-10(4,6-2)8-7-9(3)11/h7-8H,3,5-6,11H2,1-2,4H3/b8-7-. The topological polar surface area (TPSA) is 26.0 Å². The van der Waals surface area contributed by atoms with E-state index >= 15 is 0 Å². The Hall–Kier alpha value is -0.720. The SMILES string of the molecule is C=C(N)/C=C\C(C)(CC)CC. The Bertz CT molecular complexity index is 152. The molecule has 2 N–H and O–H groups in total. The molecule has 0 unspecified atom stereocenters. The highest BCUT2D eigenvalue weighted by Crippen LogP contribution is 2.26. The Labute approximate surface area is 70.0 Å². The molecule has 0 saturated carbocycles. The summed E-state index contributed by atoms with van der Waals surface area (Å²) in [4.78, 5) is 0. The molecule has 0 amide bonds. The normalized spacial score (nSPS) is 12.3. The van der Waals surface area contributed by atoms with Gasteiger partial charge in [-0.05, 0) is 24.3 Å². The fraction of sp³-hybridized carbons (Fsp3) is 0.600. The second-order valence-electron chi connectivity index (χ2n) is 3.27. The van der Waals surface area contributed by atoms with Crippen LogP contribution in [0.4, 0.5) is 0 Å². The molecule has 1 heteroatoms. The lowest BCUT2D eigenvalue weighted by Gasteiger charge is -2.21. The van der Waals surface area contributed by atoms with E-state index in [-0.39, 0.29) is 0 Å². The Morgan fingerprint density at radius 3 is 2.18 bits per heavy atom. The van der Waals surface area contributed by atoms with E-state index in [2.05, 4.69) is 33.4 Å². The number of hydrogen-bond acceptors (Lipinski definition) is 1. The fourth-order valence-electron chi connectivity index (χ4n) is 0.794. The molecular weight excluding hydrogens is 134 g/mol. The van der Waals surface area contributed by atoms with Gasteiger partial charge in [0.05, 0.1) is 0 Å². The maximum Gasteiger partial charge on any atom is 0.0237 e. The summed E-state index contributed by atoms with van der Waals surface area (Å²) in [7, 11) is 0. The van der Waals surface area contributed by atoms with Crippen LogP contribution in [-0.4, -0.2) is 0 Å². The zero-order valence-electron chi connectivity index (χ0n) is 7.85. The minimum atomic E-state index is 0.294. The highest BCUT2D eigenvalue weighted by atomic mass is 14.5. The lowest BCUT2D eigenvalue weighted by Crippen LogP contribution is -2.09. The molecule has 0 bridgehead atoms. The van der Waals surface area contributed by atoms with Gasteiger partial charge >= 0.3 is 0 Å². The minimum absolute atomic E-state index is 0.294. The lowest BCUT2D eigenvalue weighted by atomic mass is 9.84. The predicted molar refractivity (Wildman–Crippen MR) is 51.2 cm³/mol. The third kappa shape index (κ3) is 3.87. The van der Waals surface area contributed by atoms with Gasteiger partial charge in [-0.2, -0.15) is 0 Å². The van der Waals surface area contributed by atoms with E-state index in [0.717, 1.165) is 12.8 Å². The van der Waals surface area contributed by atoms with Gasteiger partial charge in [0, 0.05) is 5.70 Å². The van der Waals surface area contributed by atoms with Crippen molar-refractivity contribution in [2.24, 2.45) is 11.1 Å². The molecule has 64 valence electrons. The molecule has 0 atom stereocenters. The summed E-state index contributed by atoms with van der Waals surface area (Å²) in [5, 5.41) is 0. The Morgan fingerprint density at radius 2 is 1.91 bits per heavy atom. The van der Waals surface area contributed by atoms with Gasteiger partial charge in [0.2, 0.25) is 0 Å². The van der Waals surface area contributed by atoms with Crippen LogP contribution in [-0.2, 0) is 0 Å². The van der Waals surface area contributed by atoms with Gasteiger partial charge in [-0.3, -0.25) is 0 Å². The van der Waals surface area contributed by atoms with Crippen molar-refractivity contribution < 1.29 is 0 Å². The molecule has 0 aromatic heterocycles. The van der Waals surface area contributed by atoms with Crippen molar-refractivity contribution in [2.45, 2.75) is 33.6 Å². The number of allylic oxidation sites excluding steroid dienone is 2. The molecule has 11 heavy (non-hydrogen) atoms. The van der Waals surface area contributed by atoms with Crippen molar-refractivity contribution in [1.82, 2.24) is 0 Å².